The van der Waals surface area contributed by atoms with E-state index in [-0.39, 0.29) is 6.54 Å². The molecule has 0 aromatic rings. The largest absolute Gasteiger partial charge is 0.367 e. The molecule has 0 fully saturated rings. The molecule has 50 valence electrons. The van der Waals surface area contributed by atoms with Crippen molar-refractivity contribution in [3.05, 3.63) is 0 Å². The van der Waals surface area contributed by atoms with Crippen LogP contribution in [0.2, 0.25) is 0 Å². The van der Waals surface area contributed by atoms with E-state index in [1.807, 2.05) is 0 Å². The molecule has 0 rings (SSSR count). The standard InChI is InChI=1S/C4H12N2O2/c1-5-6(2)3-4(7)8/h4-5,7-8H,3H2,1-2H3. The first-order valence-corrected chi connectivity index (χ1v) is 2.41. The fraction of sp³-hybridized carbons (Fsp3) is 1.00. The quantitative estimate of drug-likeness (QED) is 0.309. The molecule has 0 radical (unpaired) electrons. The lowest BCUT2D eigenvalue weighted by Crippen LogP contribution is -2.37. The van der Waals surface area contributed by atoms with Crippen molar-refractivity contribution in [2.24, 2.45) is 0 Å². The highest BCUT2D eigenvalue weighted by Gasteiger charge is 1.98. The molecule has 3 N–H and O–H groups in total. The normalized spacial score (nSPS) is 11.2. The van der Waals surface area contributed by atoms with Crippen molar-refractivity contribution in [3.8, 4) is 0 Å². The van der Waals surface area contributed by atoms with Crippen LogP contribution >= 0.6 is 0 Å². The SMILES string of the molecule is CNN(C)CC(O)O. The first kappa shape index (κ1) is 7.84. The van der Waals surface area contributed by atoms with Crippen molar-refractivity contribution < 1.29 is 10.2 Å². The van der Waals surface area contributed by atoms with E-state index in [9.17, 15) is 0 Å². The molecule has 8 heavy (non-hydrogen) atoms. The van der Waals surface area contributed by atoms with Gasteiger partial charge in [0.05, 0.1) is 6.54 Å². The Hall–Kier alpha value is -0.160. The maximum Gasteiger partial charge on any atom is 0.165 e. The fourth-order valence-electron chi connectivity index (χ4n) is 0.336. The summed E-state index contributed by atoms with van der Waals surface area (Å²) in [4.78, 5) is 0. The lowest BCUT2D eigenvalue weighted by Gasteiger charge is -2.14. The van der Waals surface area contributed by atoms with Crippen molar-refractivity contribution in [3.63, 3.8) is 0 Å². The highest BCUT2D eigenvalue weighted by atomic mass is 16.5. The predicted molar refractivity (Wildman–Crippen MR) is 29.9 cm³/mol. The van der Waals surface area contributed by atoms with Gasteiger partial charge in [0.1, 0.15) is 0 Å². The maximum atomic E-state index is 8.33. The Bertz CT molecular complexity index is 58.0. The lowest BCUT2D eigenvalue weighted by atomic mass is 10.6. The number of hydrogen-bond acceptors (Lipinski definition) is 4. The Morgan fingerprint density at radius 1 is 1.62 bits per heavy atom. The molecule has 0 spiro atoms. The van der Waals surface area contributed by atoms with Gasteiger partial charge in [0.25, 0.3) is 0 Å². The third-order valence-electron chi connectivity index (χ3n) is 0.819. The van der Waals surface area contributed by atoms with E-state index in [2.05, 4.69) is 5.43 Å². The number of likely N-dealkylation sites (N-methyl/N-ethyl adjacent to an activating group) is 1. The average Bonchev–Trinajstić information content (AvgIpc) is 1.65. The molecule has 0 bridgehead atoms. The van der Waals surface area contributed by atoms with Crippen molar-refractivity contribution in [2.75, 3.05) is 20.6 Å². The molecule has 0 saturated carbocycles. The second kappa shape index (κ2) is 3.80. The number of hydrazine groups is 1. The number of nitrogens with zero attached hydrogens (tertiary/aromatic N) is 1. The molecule has 0 saturated heterocycles. The molecule has 0 amide bonds. The summed E-state index contributed by atoms with van der Waals surface area (Å²) >= 11 is 0. The number of rotatable bonds is 3. The van der Waals surface area contributed by atoms with Gasteiger partial charge in [-0.1, -0.05) is 0 Å². The van der Waals surface area contributed by atoms with Gasteiger partial charge in [-0.3, -0.25) is 5.43 Å². The Kier molecular flexibility index (Phi) is 3.72. The first-order chi connectivity index (χ1) is 3.66. The van der Waals surface area contributed by atoms with Crippen LogP contribution in [-0.2, 0) is 0 Å². The van der Waals surface area contributed by atoms with E-state index in [0.717, 1.165) is 0 Å². The molecule has 0 aliphatic heterocycles. The summed E-state index contributed by atoms with van der Waals surface area (Å²) in [6, 6.07) is 0. The van der Waals surface area contributed by atoms with Crippen LogP contribution < -0.4 is 5.43 Å². The zero-order valence-corrected chi connectivity index (χ0v) is 5.13. The molecule has 0 heterocycles. The predicted octanol–water partition coefficient (Wildman–Crippen LogP) is -1.64. The minimum Gasteiger partial charge on any atom is -0.367 e. The summed E-state index contributed by atoms with van der Waals surface area (Å²) < 4.78 is 0. The van der Waals surface area contributed by atoms with E-state index in [4.69, 9.17) is 10.2 Å². The van der Waals surface area contributed by atoms with Crippen molar-refractivity contribution in [2.45, 2.75) is 6.29 Å². The van der Waals surface area contributed by atoms with Gasteiger partial charge in [-0.2, -0.15) is 0 Å². The van der Waals surface area contributed by atoms with E-state index in [1.165, 1.54) is 0 Å². The van der Waals surface area contributed by atoms with E-state index >= 15 is 0 Å². The van der Waals surface area contributed by atoms with E-state index < -0.39 is 6.29 Å². The average molecular weight is 120 g/mol. The molecule has 4 nitrogen and oxygen atoms in total. The monoisotopic (exact) mass is 120 g/mol. The summed E-state index contributed by atoms with van der Waals surface area (Å²) in [5, 5.41) is 18.2. The third-order valence-corrected chi connectivity index (χ3v) is 0.819. The van der Waals surface area contributed by atoms with Gasteiger partial charge in [-0.25, -0.2) is 5.01 Å². The van der Waals surface area contributed by atoms with Crippen LogP contribution in [0, 0.1) is 0 Å². The van der Waals surface area contributed by atoms with E-state index in [0.29, 0.717) is 0 Å². The Morgan fingerprint density at radius 3 is 2.25 bits per heavy atom. The van der Waals surface area contributed by atoms with Crippen LogP contribution in [0.1, 0.15) is 0 Å². The number of aliphatic hydroxyl groups is 2. The molecular weight excluding hydrogens is 108 g/mol. The lowest BCUT2D eigenvalue weighted by molar-refractivity contribution is -0.0635. The molecule has 0 aromatic carbocycles. The smallest absolute Gasteiger partial charge is 0.165 e. The minimum atomic E-state index is -1.26. The van der Waals surface area contributed by atoms with Crippen molar-refractivity contribution in [1.82, 2.24) is 10.4 Å². The summed E-state index contributed by atoms with van der Waals surface area (Å²) in [5.74, 6) is 0. The van der Waals surface area contributed by atoms with Gasteiger partial charge in [0.15, 0.2) is 6.29 Å². The summed E-state index contributed by atoms with van der Waals surface area (Å²) in [7, 11) is 3.43. The topological polar surface area (TPSA) is 55.7 Å². The van der Waals surface area contributed by atoms with Crippen LogP contribution in [0.15, 0.2) is 0 Å². The zero-order chi connectivity index (χ0) is 6.57. The maximum absolute atomic E-state index is 8.33. The first-order valence-electron chi connectivity index (χ1n) is 2.41. The van der Waals surface area contributed by atoms with Crippen LogP contribution in [0.25, 0.3) is 0 Å². The summed E-state index contributed by atoms with van der Waals surface area (Å²) in [6.45, 7) is 0.219. The molecule has 0 atom stereocenters. The molecule has 4 heteroatoms. The van der Waals surface area contributed by atoms with Crippen molar-refractivity contribution in [1.29, 1.82) is 0 Å². The van der Waals surface area contributed by atoms with Gasteiger partial charge >= 0.3 is 0 Å². The second-order valence-corrected chi connectivity index (χ2v) is 1.58. The van der Waals surface area contributed by atoms with Gasteiger partial charge in [0.2, 0.25) is 0 Å². The third kappa shape index (κ3) is 4.01. The Labute approximate surface area is 48.7 Å². The van der Waals surface area contributed by atoms with Crippen LogP contribution in [0.5, 0.6) is 0 Å². The molecule has 0 aliphatic rings. The molecule has 0 aliphatic carbocycles. The Balaban J connectivity index is 3.10. The molecular formula is C4H12N2O2. The zero-order valence-electron chi connectivity index (χ0n) is 5.13. The van der Waals surface area contributed by atoms with Gasteiger partial charge < -0.3 is 10.2 Å². The minimum absolute atomic E-state index is 0.219. The highest BCUT2D eigenvalue weighted by molar-refractivity contribution is 4.40. The highest BCUT2D eigenvalue weighted by Crippen LogP contribution is 1.76. The Morgan fingerprint density at radius 2 is 2.12 bits per heavy atom. The number of aliphatic hydroxyl groups excluding tert-OH is 1. The number of nitrogens with one attached hydrogen (secondary N) is 1. The fourth-order valence-corrected chi connectivity index (χ4v) is 0.336. The van der Waals surface area contributed by atoms with E-state index in [1.54, 1.807) is 19.1 Å². The van der Waals surface area contributed by atoms with Crippen molar-refractivity contribution >= 4 is 0 Å². The molecule has 0 unspecified atom stereocenters. The van der Waals surface area contributed by atoms with Gasteiger partial charge in [-0.05, 0) is 7.05 Å². The summed E-state index contributed by atoms with van der Waals surface area (Å²) in [6.07, 6.45) is -1.26. The van der Waals surface area contributed by atoms with Gasteiger partial charge in [-0.15, -0.1) is 0 Å². The van der Waals surface area contributed by atoms with Gasteiger partial charge in [0, 0.05) is 7.05 Å². The van der Waals surface area contributed by atoms with Crippen LogP contribution in [-0.4, -0.2) is 42.2 Å². The summed E-state index contributed by atoms with van der Waals surface area (Å²) in [5.41, 5.74) is 2.71. The second-order valence-electron chi connectivity index (χ2n) is 1.58. The number of hydrogen-bond donors (Lipinski definition) is 3. The molecule has 0 aromatic heterocycles. The van der Waals surface area contributed by atoms with Crippen LogP contribution in [0.3, 0.4) is 0 Å². The van der Waals surface area contributed by atoms with Crippen LogP contribution in [0.4, 0.5) is 0 Å².